The van der Waals surface area contributed by atoms with Crippen LogP contribution in [0.1, 0.15) is 18.9 Å². The van der Waals surface area contributed by atoms with Gasteiger partial charge in [-0.15, -0.1) is 0 Å². The second kappa shape index (κ2) is 4.82. The summed E-state index contributed by atoms with van der Waals surface area (Å²) in [6, 6.07) is 2.32. The minimum atomic E-state index is 0.355. The lowest BCUT2D eigenvalue weighted by Crippen LogP contribution is -2.32. The molecule has 6 nitrogen and oxygen atoms in total. The summed E-state index contributed by atoms with van der Waals surface area (Å²) in [4.78, 5) is 4.42. The third kappa shape index (κ3) is 2.11. The number of aromatic nitrogens is 5. The average Bonchev–Trinajstić information content (AvgIpc) is 3.05. The number of rotatable bonds is 3. The molecular weight excluding hydrogens is 290 g/mol. The molecule has 3 heterocycles. The van der Waals surface area contributed by atoms with E-state index in [1.807, 2.05) is 23.1 Å². The Labute approximate surface area is 126 Å². The van der Waals surface area contributed by atoms with Gasteiger partial charge in [0.25, 0.3) is 0 Å². The lowest BCUT2D eigenvalue weighted by molar-refractivity contribution is 0.00250. The summed E-state index contributed by atoms with van der Waals surface area (Å²) >= 11 is 6.06. The van der Waals surface area contributed by atoms with Gasteiger partial charge in [-0.1, -0.05) is 11.6 Å². The molecule has 0 saturated heterocycles. The molecule has 0 unspecified atom stereocenters. The molecule has 108 valence electrons. The molecule has 4 rings (SSSR count). The lowest BCUT2D eigenvalue weighted by Gasteiger charge is -2.34. The lowest BCUT2D eigenvalue weighted by atomic mass is 9.89. The molecule has 0 spiro atoms. The summed E-state index contributed by atoms with van der Waals surface area (Å²) in [6.45, 7) is 0. The zero-order valence-electron chi connectivity index (χ0n) is 11.5. The van der Waals surface area contributed by atoms with Crippen LogP contribution in [0.5, 0.6) is 0 Å². The number of hydrogen-bond acceptors (Lipinski definition) is 4. The Morgan fingerprint density at radius 1 is 1.29 bits per heavy atom. The van der Waals surface area contributed by atoms with Crippen molar-refractivity contribution in [3.8, 4) is 11.3 Å². The van der Waals surface area contributed by atoms with Gasteiger partial charge in [0.2, 0.25) is 0 Å². The predicted octanol–water partition coefficient (Wildman–Crippen LogP) is 2.60. The number of fused-ring (bicyclic) bond motifs is 1. The Morgan fingerprint density at radius 2 is 2.14 bits per heavy atom. The van der Waals surface area contributed by atoms with Gasteiger partial charge in [0.1, 0.15) is 10.8 Å². The van der Waals surface area contributed by atoms with Crippen LogP contribution in [-0.4, -0.2) is 37.6 Å². The van der Waals surface area contributed by atoms with E-state index in [1.165, 1.54) is 0 Å². The summed E-state index contributed by atoms with van der Waals surface area (Å²) in [6.07, 6.45) is 9.63. The molecule has 1 aliphatic carbocycles. The molecule has 21 heavy (non-hydrogen) atoms. The van der Waals surface area contributed by atoms with Crippen molar-refractivity contribution in [3.05, 3.63) is 36.0 Å². The highest BCUT2D eigenvalue weighted by molar-refractivity contribution is 6.29. The summed E-state index contributed by atoms with van der Waals surface area (Å²) in [5.41, 5.74) is 2.67. The maximum Gasteiger partial charge on any atom is 0.148 e. The third-order valence-electron chi connectivity index (χ3n) is 4.01. The van der Waals surface area contributed by atoms with Crippen LogP contribution >= 0.6 is 11.6 Å². The third-order valence-corrected chi connectivity index (χ3v) is 4.19. The van der Waals surface area contributed by atoms with Crippen molar-refractivity contribution < 1.29 is 4.74 Å². The SMILES string of the molecule is CO[C@H]1C[C@H](n2cc(-c3nc(Cl)cn4nccc34)cn2)C1. The van der Waals surface area contributed by atoms with Crippen LogP contribution in [0, 0.1) is 0 Å². The molecule has 1 fully saturated rings. The fourth-order valence-electron chi connectivity index (χ4n) is 2.72. The molecule has 3 aromatic heterocycles. The van der Waals surface area contributed by atoms with Crippen molar-refractivity contribution in [2.24, 2.45) is 0 Å². The van der Waals surface area contributed by atoms with Crippen molar-refractivity contribution in [3.63, 3.8) is 0 Å². The zero-order chi connectivity index (χ0) is 14.4. The molecule has 0 aromatic carbocycles. The van der Waals surface area contributed by atoms with E-state index in [4.69, 9.17) is 16.3 Å². The minimum Gasteiger partial charge on any atom is -0.381 e. The van der Waals surface area contributed by atoms with Crippen LogP contribution in [0.3, 0.4) is 0 Å². The highest BCUT2D eigenvalue weighted by Crippen LogP contribution is 2.34. The number of methoxy groups -OCH3 is 1. The molecule has 0 radical (unpaired) electrons. The van der Waals surface area contributed by atoms with E-state index in [0.29, 0.717) is 17.3 Å². The molecule has 0 amide bonds. The molecule has 1 aliphatic rings. The van der Waals surface area contributed by atoms with E-state index >= 15 is 0 Å². The summed E-state index contributed by atoms with van der Waals surface area (Å²) in [5.74, 6) is 0. The molecule has 0 N–H and O–H groups in total. The largest absolute Gasteiger partial charge is 0.381 e. The van der Waals surface area contributed by atoms with E-state index in [-0.39, 0.29) is 0 Å². The van der Waals surface area contributed by atoms with Gasteiger partial charge in [0.15, 0.2) is 0 Å². The monoisotopic (exact) mass is 303 g/mol. The molecule has 7 heteroatoms. The normalized spacial score (nSPS) is 21.6. The first-order chi connectivity index (χ1) is 10.2. The summed E-state index contributed by atoms with van der Waals surface area (Å²) < 4.78 is 9.02. The van der Waals surface area contributed by atoms with Crippen molar-refractivity contribution >= 4 is 17.1 Å². The standard InChI is InChI=1S/C14H14ClN5O/c1-21-11-4-10(5-11)19-7-9(6-17-19)14-12-2-3-16-20(12)8-13(15)18-14/h2-3,6-8,10-11H,4-5H2,1H3/t10-,11-. The van der Waals surface area contributed by atoms with Gasteiger partial charge in [-0.3, -0.25) is 4.68 Å². The van der Waals surface area contributed by atoms with Crippen LogP contribution in [0.25, 0.3) is 16.8 Å². The molecule has 0 aliphatic heterocycles. The second-order valence-corrected chi connectivity index (χ2v) is 5.65. The van der Waals surface area contributed by atoms with Gasteiger partial charge in [-0.25, -0.2) is 9.50 Å². The number of nitrogens with zero attached hydrogens (tertiary/aromatic N) is 5. The maximum atomic E-state index is 6.06. The van der Waals surface area contributed by atoms with Gasteiger partial charge in [-0.05, 0) is 18.9 Å². The highest BCUT2D eigenvalue weighted by Gasteiger charge is 2.31. The van der Waals surface area contributed by atoms with Crippen LogP contribution in [0.15, 0.2) is 30.9 Å². The van der Waals surface area contributed by atoms with Crippen molar-refractivity contribution in [2.45, 2.75) is 25.0 Å². The summed E-state index contributed by atoms with van der Waals surface area (Å²) in [7, 11) is 1.75. The second-order valence-electron chi connectivity index (χ2n) is 5.27. The van der Waals surface area contributed by atoms with Crippen molar-refractivity contribution in [2.75, 3.05) is 7.11 Å². The van der Waals surface area contributed by atoms with E-state index in [0.717, 1.165) is 29.6 Å². The first kappa shape index (κ1) is 12.8. The average molecular weight is 304 g/mol. The Bertz CT molecular complexity index is 790. The van der Waals surface area contributed by atoms with Crippen LogP contribution in [0.2, 0.25) is 5.15 Å². The van der Waals surface area contributed by atoms with Gasteiger partial charge >= 0.3 is 0 Å². The molecular formula is C14H14ClN5O. The molecule has 0 bridgehead atoms. The van der Waals surface area contributed by atoms with E-state index < -0.39 is 0 Å². The van der Waals surface area contributed by atoms with E-state index in [2.05, 4.69) is 15.2 Å². The topological polar surface area (TPSA) is 57.2 Å². The quantitative estimate of drug-likeness (QED) is 0.746. The van der Waals surface area contributed by atoms with Gasteiger partial charge < -0.3 is 4.74 Å². The minimum absolute atomic E-state index is 0.355. The Kier molecular flexibility index (Phi) is 2.94. The number of hydrogen-bond donors (Lipinski definition) is 0. The first-order valence-corrected chi connectivity index (χ1v) is 7.19. The fraction of sp³-hybridized carbons (Fsp3) is 0.357. The van der Waals surface area contributed by atoms with Crippen molar-refractivity contribution in [1.29, 1.82) is 0 Å². The van der Waals surface area contributed by atoms with E-state index in [9.17, 15) is 0 Å². The molecule has 3 aromatic rings. The molecule has 1 saturated carbocycles. The molecule has 0 atom stereocenters. The Balaban J connectivity index is 1.70. The van der Waals surface area contributed by atoms with Crippen LogP contribution in [-0.2, 0) is 4.74 Å². The predicted molar refractivity (Wildman–Crippen MR) is 78.3 cm³/mol. The summed E-state index contributed by atoms with van der Waals surface area (Å²) in [5, 5.41) is 9.07. The Hall–Kier alpha value is -1.92. The Morgan fingerprint density at radius 3 is 2.95 bits per heavy atom. The van der Waals surface area contributed by atoms with Gasteiger partial charge in [0, 0.05) is 18.9 Å². The van der Waals surface area contributed by atoms with E-state index in [1.54, 1.807) is 24.0 Å². The van der Waals surface area contributed by atoms with Crippen molar-refractivity contribution in [1.82, 2.24) is 24.4 Å². The highest BCUT2D eigenvalue weighted by atomic mass is 35.5. The first-order valence-electron chi connectivity index (χ1n) is 6.82. The van der Waals surface area contributed by atoms with Gasteiger partial charge in [0.05, 0.1) is 36.3 Å². The smallest absolute Gasteiger partial charge is 0.148 e. The number of halogens is 1. The maximum absolute atomic E-state index is 6.06. The number of ether oxygens (including phenoxy) is 1. The van der Waals surface area contributed by atoms with Gasteiger partial charge in [-0.2, -0.15) is 10.2 Å². The fourth-order valence-corrected chi connectivity index (χ4v) is 2.89. The van der Waals surface area contributed by atoms with Crippen LogP contribution < -0.4 is 0 Å². The van der Waals surface area contributed by atoms with Crippen LogP contribution in [0.4, 0.5) is 0 Å². The zero-order valence-corrected chi connectivity index (χ0v) is 12.2.